The van der Waals surface area contributed by atoms with E-state index in [2.05, 4.69) is 25.9 Å². The molecule has 0 atom stereocenters. The van der Waals surface area contributed by atoms with E-state index >= 15 is 0 Å². The summed E-state index contributed by atoms with van der Waals surface area (Å²) < 4.78 is 0.390. The number of hydrogen-bond donors (Lipinski definition) is 2. The second-order valence-corrected chi connectivity index (χ2v) is 2.21. The molecule has 1 aromatic heterocycles. The van der Waals surface area contributed by atoms with Gasteiger partial charge in [-0.3, -0.25) is 9.78 Å². The number of aromatic amines is 1. The zero-order chi connectivity index (χ0) is 6.85. The first-order chi connectivity index (χ1) is 4.20. The average Bonchev–Trinajstić information content (AvgIpc) is 1.80. The minimum Gasteiger partial charge on any atom is -0.393 e. The summed E-state index contributed by atoms with van der Waals surface area (Å²) in [6, 6.07) is 0. The molecule has 1 aromatic rings. The molecule has 5 heteroatoms. The van der Waals surface area contributed by atoms with Crippen LogP contribution in [-0.2, 0) is 0 Å². The van der Waals surface area contributed by atoms with Crippen molar-refractivity contribution < 1.29 is 0 Å². The van der Waals surface area contributed by atoms with Crippen molar-refractivity contribution in [1.29, 1.82) is 0 Å². The quantitative estimate of drug-likeness (QED) is 0.570. The number of nitrogens with zero attached hydrogens (tertiary/aromatic N) is 1. The second kappa shape index (κ2) is 2.18. The van der Waals surface area contributed by atoms with Crippen LogP contribution in [0, 0.1) is 0 Å². The van der Waals surface area contributed by atoms with Gasteiger partial charge in [-0.15, -0.1) is 0 Å². The Labute approximate surface area is 59.2 Å². The molecule has 1 heterocycles. The van der Waals surface area contributed by atoms with Gasteiger partial charge < -0.3 is 5.73 Å². The smallest absolute Gasteiger partial charge is 0.274 e. The maximum absolute atomic E-state index is 10.6. The summed E-state index contributed by atoms with van der Waals surface area (Å²) in [5, 5.41) is 0. The Balaban J connectivity index is 3.34. The predicted molar refractivity (Wildman–Crippen MR) is 37.0 cm³/mol. The van der Waals surface area contributed by atoms with Crippen molar-refractivity contribution >= 4 is 21.6 Å². The number of nitrogens with two attached hydrogens (primary N) is 1. The van der Waals surface area contributed by atoms with Crippen molar-refractivity contribution in [3.63, 3.8) is 0 Å². The molecule has 0 radical (unpaired) electrons. The topological polar surface area (TPSA) is 71.8 Å². The van der Waals surface area contributed by atoms with E-state index in [-0.39, 0.29) is 11.2 Å². The molecule has 0 aliphatic rings. The molecule has 0 aromatic carbocycles. The van der Waals surface area contributed by atoms with Gasteiger partial charge in [-0.1, -0.05) is 0 Å². The molecule has 3 N–H and O–H groups in total. The predicted octanol–water partition coefficient (Wildman–Crippen LogP) is 0.115. The molecule has 0 bridgehead atoms. The van der Waals surface area contributed by atoms with Gasteiger partial charge in [-0.25, -0.2) is 4.98 Å². The Kier molecular flexibility index (Phi) is 1.52. The highest BCUT2D eigenvalue weighted by Crippen LogP contribution is 1.96. The number of nitrogens with one attached hydrogen (secondary N) is 1. The van der Waals surface area contributed by atoms with Crippen LogP contribution in [0.2, 0.25) is 0 Å². The third-order valence-corrected chi connectivity index (χ3v) is 1.20. The maximum Gasteiger partial charge on any atom is 0.274 e. The fraction of sp³-hybridized carbons (Fsp3) is 0. The summed E-state index contributed by atoms with van der Waals surface area (Å²) in [5.41, 5.74) is 4.96. The van der Waals surface area contributed by atoms with Gasteiger partial charge >= 0.3 is 0 Å². The van der Waals surface area contributed by atoms with Crippen molar-refractivity contribution in [2.75, 3.05) is 5.73 Å². The highest BCUT2D eigenvalue weighted by molar-refractivity contribution is 9.10. The third-order valence-electron chi connectivity index (χ3n) is 0.796. The molecule has 0 unspecified atom stereocenters. The van der Waals surface area contributed by atoms with E-state index in [4.69, 9.17) is 5.73 Å². The highest BCUT2D eigenvalue weighted by Gasteiger charge is 1.92. The van der Waals surface area contributed by atoms with E-state index in [1.54, 1.807) is 0 Å². The minimum absolute atomic E-state index is 0.123. The molecule has 4 nitrogen and oxygen atoms in total. The van der Waals surface area contributed by atoms with Gasteiger partial charge in [-0.05, 0) is 15.9 Å². The SMILES string of the molecule is Nc1cnc(Br)[nH]c1=O. The summed E-state index contributed by atoms with van der Waals surface area (Å²) in [7, 11) is 0. The Morgan fingerprint density at radius 1 is 1.78 bits per heavy atom. The van der Waals surface area contributed by atoms with Crippen LogP contribution in [0.5, 0.6) is 0 Å². The summed E-state index contributed by atoms with van der Waals surface area (Å²) in [4.78, 5) is 16.6. The van der Waals surface area contributed by atoms with E-state index < -0.39 is 0 Å². The fourth-order valence-electron chi connectivity index (χ4n) is 0.383. The summed E-state index contributed by atoms with van der Waals surface area (Å²) in [6.45, 7) is 0. The standard InChI is InChI=1S/C4H4BrN3O/c5-4-7-1-2(6)3(9)8-4/h1H,6H2,(H,7,8,9). The lowest BCUT2D eigenvalue weighted by Gasteiger charge is -1.88. The number of anilines is 1. The fourth-order valence-corrected chi connectivity index (χ4v) is 0.665. The van der Waals surface area contributed by atoms with E-state index in [1.807, 2.05) is 0 Å². The van der Waals surface area contributed by atoms with E-state index in [0.717, 1.165) is 0 Å². The van der Waals surface area contributed by atoms with Crippen molar-refractivity contribution in [1.82, 2.24) is 9.97 Å². The van der Waals surface area contributed by atoms with Gasteiger partial charge in [0.05, 0.1) is 6.20 Å². The number of hydrogen-bond acceptors (Lipinski definition) is 3. The minimum atomic E-state index is -0.322. The maximum atomic E-state index is 10.6. The zero-order valence-electron chi connectivity index (χ0n) is 4.39. The van der Waals surface area contributed by atoms with Crippen LogP contribution in [0.25, 0.3) is 0 Å². The van der Waals surface area contributed by atoms with Gasteiger partial charge in [0, 0.05) is 0 Å². The molecular formula is C4H4BrN3O. The van der Waals surface area contributed by atoms with E-state index in [1.165, 1.54) is 6.20 Å². The highest BCUT2D eigenvalue weighted by atomic mass is 79.9. The molecule has 1 rings (SSSR count). The molecular weight excluding hydrogens is 186 g/mol. The molecule has 48 valence electrons. The summed E-state index contributed by atoms with van der Waals surface area (Å²) in [6.07, 6.45) is 1.29. The molecule has 0 saturated carbocycles. The third kappa shape index (κ3) is 1.29. The molecule has 0 aliphatic carbocycles. The number of halogens is 1. The number of aromatic nitrogens is 2. The van der Waals surface area contributed by atoms with Crippen LogP contribution in [0.1, 0.15) is 0 Å². The molecule has 0 fully saturated rings. The second-order valence-electron chi connectivity index (χ2n) is 1.46. The molecule has 9 heavy (non-hydrogen) atoms. The van der Waals surface area contributed by atoms with E-state index in [9.17, 15) is 4.79 Å². The average molecular weight is 190 g/mol. The van der Waals surface area contributed by atoms with E-state index in [0.29, 0.717) is 4.73 Å². The Morgan fingerprint density at radius 3 is 2.89 bits per heavy atom. The first kappa shape index (κ1) is 6.28. The van der Waals surface area contributed by atoms with Crippen LogP contribution in [-0.4, -0.2) is 9.97 Å². The Hall–Kier alpha value is -0.840. The van der Waals surface area contributed by atoms with Crippen molar-refractivity contribution in [3.8, 4) is 0 Å². The molecule has 0 saturated heterocycles. The lowest BCUT2D eigenvalue weighted by Crippen LogP contribution is -2.11. The van der Waals surface area contributed by atoms with Crippen LogP contribution in [0.15, 0.2) is 15.7 Å². The normalized spacial score (nSPS) is 9.44. The zero-order valence-corrected chi connectivity index (χ0v) is 5.97. The van der Waals surface area contributed by atoms with Crippen LogP contribution in [0.3, 0.4) is 0 Å². The van der Waals surface area contributed by atoms with Gasteiger partial charge in [-0.2, -0.15) is 0 Å². The first-order valence-electron chi connectivity index (χ1n) is 2.20. The lowest BCUT2D eigenvalue weighted by atomic mass is 10.6. The molecule has 0 spiro atoms. The van der Waals surface area contributed by atoms with Crippen LogP contribution < -0.4 is 11.3 Å². The monoisotopic (exact) mass is 189 g/mol. The number of nitrogen functional groups attached to an aromatic ring is 1. The van der Waals surface area contributed by atoms with Crippen molar-refractivity contribution in [2.24, 2.45) is 0 Å². The molecule has 0 aliphatic heterocycles. The Morgan fingerprint density at radius 2 is 2.44 bits per heavy atom. The summed E-state index contributed by atoms with van der Waals surface area (Å²) >= 11 is 2.97. The Bertz CT molecular complexity index is 269. The van der Waals surface area contributed by atoms with Gasteiger partial charge in [0.2, 0.25) is 0 Å². The number of rotatable bonds is 0. The van der Waals surface area contributed by atoms with Gasteiger partial charge in [0.25, 0.3) is 5.56 Å². The van der Waals surface area contributed by atoms with Crippen molar-refractivity contribution in [3.05, 3.63) is 21.3 Å². The molecule has 0 amide bonds. The summed E-state index contributed by atoms with van der Waals surface area (Å²) in [5.74, 6) is 0. The first-order valence-corrected chi connectivity index (χ1v) is 3.00. The lowest BCUT2D eigenvalue weighted by molar-refractivity contribution is 1.07. The number of H-pyrrole nitrogens is 1. The van der Waals surface area contributed by atoms with Gasteiger partial charge in [0.15, 0.2) is 4.73 Å². The van der Waals surface area contributed by atoms with Gasteiger partial charge in [0.1, 0.15) is 5.69 Å². The van der Waals surface area contributed by atoms with Crippen molar-refractivity contribution in [2.45, 2.75) is 0 Å². The largest absolute Gasteiger partial charge is 0.393 e. The van der Waals surface area contributed by atoms with Crippen LogP contribution >= 0.6 is 15.9 Å². The van der Waals surface area contributed by atoms with Crippen LogP contribution in [0.4, 0.5) is 5.69 Å².